The monoisotopic (exact) mass is 287 g/mol. The van der Waals surface area contributed by atoms with Crippen LogP contribution in [0.4, 0.5) is 5.69 Å². The summed E-state index contributed by atoms with van der Waals surface area (Å²) in [6, 6.07) is 8.45. The molecular formula is C15H17N3O3. The summed E-state index contributed by atoms with van der Waals surface area (Å²) in [6.45, 7) is 5.22. The minimum absolute atomic E-state index is 0.0799. The molecule has 1 aromatic carbocycles. The zero-order valence-corrected chi connectivity index (χ0v) is 12.0. The largest absolute Gasteiger partial charge is 0.439 e. The van der Waals surface area contributed by atoms with Crippen molar-refractivity contribution in [2.45, 2.75) is 20.4 Å². The summed E-state index contributed by atoms with van der Waals surface area (Å²) in [5.41, 5.74) is 1.58. The van der Waals surface area contributed by atoms with Crippen LogP contribution in [0.15, 0.2) is 36.5 Å². The normalized spacial score (nSPS) is 10.4. The smallest absolute Gasteiger partial charge is 0.272 e. The molecule has 2 rings (SSSR count). The second-order valence-electron chi connectivity index (χ2n) is 4.56. The Morgan fingerprint density at radius 2 is 2.19 bits per heavy atom. The van der Waals surface area contributed by atoms with Gasteiger partial charge < -0.3 is 10.1 Å². The number of pyridine rings is 1. The first-order chi connectivity index (χ1) is 10.1. The Balaban J connectivity index is 2.22. The number of benzene rings is 1. The molecule has 1 N–H and O–H groups in total. The Hall–Kier alpha value is -2.47. The summed E-state index contributed by atoms with van der Waals surface area (Å²) in [4.78, 5) is 14.6. The summed E-state index contributed by atoms with van der Waals surface area (Å²) in [5, 5.41) is 14.0. The van der Waals surface area contributed by atoms with Gasteiger partial charge in [0.2, 0.25) is 5.88 Å². The molecule has 0 spiro atoms. The highest BCUT2D eigenvalue weighted by molar-refractivity contribution is 5.45. The lowest BCUT2D eigenvalue weighted by Crippen LogP contribution is -2.12. The highest BCUT2D eigenvalue weighted by Gasteiger charge is 2.12. The van der Waals surface area contributed by atoms with Gasteiger partial charge in [0.05, 0.1) is 4.92 Å². The predicted octanol–water partition coefficient (Wildman–Crippen LogP) is 3.20. The SMILES string of the molecule is CCNCc1cccnc1Oc1ccc([N+](=O)[O-])c(C)c1. The van der Waals surface area contributed by atoms with Crippen molar-refractivity contribution in [2.75, 3.05) is 6.54 Å². The molecule has 1 aromatic heterocycles. The molecule has 0 fully saturated rings. The van der Waals surface area contributed by atoms with Crippen LogP contribution < -0.4 is 10.1 Å². The van der Waals surface area contributed by atoms with Crippen molar-refractivity contribution >= 4 is 5.69 Å². The molecule has 2 aromatic rings. The molecule has 21 heavy (non-hydrogen) atoms. The van der Waals surface area contributed by atoms with Crippen molar-refractivity contribution in [3.63, 3.8) is 0 Å². The van der Waals surface area contributed by atoms with Crippen LogP contribution in [0.1, 0.15) is 18.1 Å². The third-order valence-corrected chi connectivity index (χ3v) is 2.99. The summed E-state index contributed by atoms with van der Waals surface area (Å²) < 4.78 is 5.75. The van der Waals surface area contributed by atoms with Gasteiger partial charge in [-0.15, -0.1) is 0 Å². The summed E-state index contributed by atoms with van der Waals surface area (Å²) in [7, 11) is 0. The Bertz CT molecular complexity index is 644. The van der Waals surface area contributed by atoms with Crippen molar-refractivity contribution in [1.29, 1.82) is 0 Å². The first-order valence-electron chi connectivity index (χ1n) is 6.69. The number of nitro benzene ring substituents is 1. The van der Waals surface area contributed by atoms with Gasteiger partial charge >= 0.3 is 0 Å². The molecule has 0 saturated heterocycles. The van der Waals surface area contributed by atoms with E-state index >= 15 is 0 Å². The van der Waals surface area contributed by atoms with Crippen LogP contribution in [-0.4, -0.2) is 16.5 Å². The molecule has 6 heteroatoms. The summed E-state index contributed by atoms with van der Waals surface area (Å²) in [5.74, 6) is 1.04. The molecule has 0 bridgehead atoms. The van der Waals surface area contributed by atoms with E-state index < -0.39 is 4.92 Å². The van der Waals surface area contributed by atoms with Gasteiger partial charge in [-0.1, -0.05) is 13.0 Å². The van der Waals surface area contributed by atoms with Gasteiger partial charge in [-0.25, -0.2) is 4.98 Å². The second kappa shape index (κ2) is 6.81. The van der Waals surface area contributed by atoms with E-state index in [1.165, 1.54) is 6.07 Å². The number of aromatic nitrogens is 1. The molecular weight excluding hydrogens is 270 g/mol. The molecule has 0 saturated carbocycles. The van der Waals surface area contributed by atoms with E-state index in [1.54, 1.807) is 25.3 Å². The van der Waals surface area contributed by atoms with Crippen LogP contribution in [0.2, 0.25) is 0 Å². The molecule has 0 aliphatic heterocycles. The lowest BCUT2D eigenvalue weighted by Gasteiger charge is -2.10. The lowest BCUT2D eigenvalue weighted by atomic mass is 10.2. The van der Waals surface area contributed by atoms with Gasteiger partial charge in [-0.05, 0) is 31.7 Å². The zero-order chi connectivity index (χ0) is 15.2. The number of nitro groups is 1. The van der Waals surface area contributed by atoms with Crippen LogP contribution in [-0.2, 0) is 6.54 Å². The third kappa shape index (κ3) is 3.76. The van der Waals surface area contributed by atoms with Gasteiger partial charge in [0.25, 0.3) is 5.69 Å². The van der Waals surface area contributed by atoms with E-state index in [2.05, 4.69) is 10.3 Å². The van der Waals surface area contributed by atoms with Crippen molar-refractivity contribution in [3.8, 4) is 11.6 Å². The Labute approximate surface area is 122 Å². The van der Waals surface area contributed by atoms with Crippen LogP contribution in [0.3, 0.4) is 0 Å². The molecule has 0 aliphatic carbocycles. The molecule has 0 unspecified atom stereocenters. The summed E-state index contributed by atoms with van der Waals surface area (Å²) in [6.07, 6.45) is 1.66. The number of hydrogen-bond donors (Lipinski definition) is 1. The topological polar surface area (TPSA) is 77.3 Å². The highest BCUT2D eigenvalue weighted by Crippen LogP contribution is 2.27. The molecule has 0 radical (unpaired) electrons. The van der Waals surface area contributed by atoms with E-state index in [1.807, 2.05) is 19.1 Å². The van der Waals surface area contributed by atoms with Crippen LogP contribution >= 0.6 is 0 Å². The minimum atomic E-state index is -0.406. The first kappa shape index (κ1) is 14.9. The van der Waals surface area contributed by atoms with Gasteiger partial charge in [0.1, 0.15) is 5.75 Å². The molecule has 110 valence electrons. The quantitative estimate of drug-likeness (QED) is 0.652. The van der Waals surface area contributed by atoms with Crippen LogP contribution in [0.5, 0.6) is 11.6 Å². The van der Waals surface area contributed by atoms with Crippen LogP contribution in [0, 0.1) is 17.0 Å². The number of rotatable bonds is 6. The minimum Gasteiger partial charge on any atom is -0.439 e. The Kier molecular flexibility index (Phi) is 4.84. The van der Waals surface area contributed by atoms with E-state index in [4.69, 9.17) is 4.74 Å². The van der Waals surface area contributed by atoms with Crippen molar-refractivity contribution in [3.05, 3.63) is 57.8 Å². The van der Waals surface area contributed by atoms with E-state index in [0.29, 0.717) is 23.7 Å². The second-order valence-corrected chi connectivity index (χ2v) is 4.56. The van der Waals surface area contributed by atoms with E-state index in [0.717, 1.165) is 12.1 Å². The Morgan fingerprint density at radius 1 is 1.38 bits per heavy atom. The molecule has 0 amide bonds. The average molecular weight is 287 g/mol. The fourth-order valence-corrected chi connectivity index (χ4v) is 1.92. The fraction of sp³-hybridized carbons (Fsp3) is 0.267. The van der Waals surface area contributed by atoms with Crippen LogP contribution in [0.25, 0.3) is 0 Å². The van der Waals surface area contributed by atoms with E-state index in [9.17, 15) is 10.1 Å². The molecule has 0 atom stereocenters. The Morgan fingerprint density at radius 3 is 2.86 bits per heavy atom. The third-order valence-electron chi connectivity index (χ3n) is 2.99. The number of aryl methyl sites for hydroxylation is 1. The number of nitrogens with zero attached hydrogens (tertiary/aromatic N) is 2. The van der Waals surface area contributed by atoms with Crippen molar-refractivity contribution in [2.24, 2.45) is 0 Å². The maximum absolute atomic E-state index is 10.8. The predicted molar refractivity (Wildman–Crippen MR) is 79.5 cm³/mol. The zero-order valence-electron chi connectivity index (χ0n) is 12.0. The molecule has 0 aliphatic rings. The molecule has 6 nitrogen and oxygen atoms in total. The van der Waals surface area contributed by atoms with Gasteiger partial charge in [-0.2, -0.15) is 0 Å². The highest BCUT2D eigenvalue weighted by atomic mass is 16.6. The number of hydrogen-bond acceptors (Lipinski definition) is 5. The van der Waals surface area contributed by atoms with Crippen molar-refractivity contribution in [1.82, 2.24) is 10.3 Å². The maximum Gasteiger partial charge on any atom is 0.272 e. The fourth-order valence-electron chi connectivity index (χ4n) is 1.92. The number of nitrogens with one attached hydrogen (secondary N) is 1. The van der Waals surface area contributed by atoms with Gasteiger partial charge in [-0.3, -0.25) is 10.1 Å². The van der Waals surface area contributed by atoms with Gasteiger partial charge in [0, 0.05) is 29.9 Å². The first-order valence-corrected chi connectivity index (χ1v) is 6.69. The molecule has 1 heterocycles. The van der Waals surface area contributed by atoms with Crippen molar-refractivity contribution < 1.29 is 9.66 Å². The average Bonchev–Trinajstić information content (AvgIpc) is 2.46. The standard InChI is InChI=1S/C15H17N3O3/c1-3-16-10-12-5-4-8-17-15(12)21-13-6-7-14(18(19)20)11(2)9-13/h4-9,16H,3,10H2,1-2H3. The van der Waals surface area contributed by atoms with Gasteiger partial charge in [0.15, 0.2) is 0 Å². The number of ether oxygens (including phenoxy) is 1. The lowest BCUT2D eigenvalue weighted by molar-refractivity contribution is -0.385. The summed E-state index contributed by atoms with van der Waals surface area (Å²) >= 11 is 0. The maximum atomic E-state index is 10.8. The van der Waals surface area contributed by atoms with E-state index in [-0.39, 0.29) is 5.69 Å².